The Morgan fingerprint density at radius 1 is 1.33 bits per heavy atom. The summed E-state index contributed by atoms with van der Waals surface area (Å²) in [5.41, 5.74) is 0.00195. The molecule has 1 aliphatic heterocycles. The number of nitrogens with one attached hydrogen (secondary N) is 1. The lowest BCUT2D eigenvalue weighted by Gasteiger charge is -2.32. The Labute approximate surface area is 144 Å². The third-order valence-corrected chi connectivity index (χ3v) is 5.22. The molecule has 1 amide bonds. The molecule has 0 unspecified atom stereocenters. The molecule has 0 spiro atoms. The van der Waals surface area contributed by atoms with Crippen LogP contribution in [0.25, 0.3) is 0 Å². The van der Waals surface area contributed by atoms with Gasteiger partial charge in [0, 0.05) is 37.9 Å². The predicted octanol–water partition coefficient (Wildman–Crippen LogP) is 0.764. The second-order valence-electron chi connectivity index (χ2n) is 5.41. The van der Waals surface area contributed by atoms with Crippen LogP contribution in [0.4, 0.5) is 11.4 Å². The number of nitrogens with zero attached hydrogens (tertiary/aromatic N) is 3. The van der Waals surface area contributed by atoms with Gasteiger partial charge in [-0.1, -0.05) is 11.6 Å². The molecule has 2 rings (SSSR count). The number of carbonyl (C=O) groups excluding carboxylic acids is 1. The Balaban J connectivity index is 1.91. The molecular formula is C13H17ClN4O5S. The van der Waals surface area contributed by atoms with Gasteiger partial charge < -0.3 is 5.32 Å². The van der Waals surface area contributed by atoms with Crippen LogP contribution in [0, 0.1) is 10.1 Å². The monoisotopic (exact) mass is 376 g/mol. The number of amides is 1. The number of nitro benzene ring substituents is 1. The number of anilines is 1. The van der Waals surface area contributed by atoms with Crippen LogP contribution in [0.5, 0.6) is 0 Å². The minimum absolute atomic E-state index is 0.00473. The molecule has 0 aromatic heterocycles. The molecule has 1 aromatic carbocycles. The van der Waals surface area contributed by atoms with Gasteiger partial charge in [0.25, 0.3) is 5.69 Å². The number of rotatable bonds is 5. The van der Waals surface area contributed by atoms with E-state index in [0.717, 1.165) is 6.26 Å². The van der Waals surface area contributed by atoms with Gasteiger partial charge in [0.1, 0.15) is 5.02 Å². The van der Waals surface area contributed by atoms with Gasteiger partial charge in [-0.3, -0.25) is 19.8 Å². The molecule has 1 aliphatic rings. The molecule has 1 aromatic rings. The van der Waals surface area contributed by atoms with Gasteiger partial charge in [-0.2, -0.15) is 4.31 Å². The standard InChI is InChI=1S/C13H17ClN4O5S/c1-24(22,23)17-6-4-16(5-7-17)9-13(19)15-10-2-3-11(14)12(8-10)18(20)21/h2-3,8H,4-7,9H2,1H3,(H,15,19). The molecule has 11 heteroatoms. The van der Waals surface area contributed by atoms with Crippen molar-refractivity contribution < 1.29 is 18.1 Å². The molecule has 0 radical (unpaired) electrons. The summed E-state index contributed by atoms with van der Waals surface area (Å²) in [5.74, 6) is -0.334. The molecule has 0 atom stereocenters. The van der Waals surface area contributed by atoms with Gasteiger partial charge in [0.2, 0.25) is 15.9 Å². The van der Waals surface area contributed by atoms with Gasteiger partial charge in [0.05, 0.1) is 17.7 Å². The summed E-state index contributed by atoms with van der Waals surface area (Å²) < 4.78 is 24.2. The van der Waals surface area contributed by atoms with Crippen LogP contribution in [0.1, 0.15) is 0 Å². The van der Waals surface area contributed by atoms with Crippen LogP contribution in [0.3, 0.4) is 0 Å². The summed E-state index contributed by atoms with van der Waals surface area (Å²) in [6.45, 7) is 1.63. The first kappa shape index (κ1) is 18.6. The first-order valence-electron chi connectivity index (χ1n) is 7.08. The Bertz CT molecular complexity index is 747. The average molecular weight is 377 g/mol. The van der Waals surface area contributed by atoms with E-state index < -0.39 is 14.9 Å². The van der Waals surface area contributed by atoms with Gasteiger partial charge in [-0.25, -0.2) is 8.42 Å². The van der Waals surface area contributed by atoms with Crippen molar-refractivity contribution in [3.8, 4) is 0 Å². The van der Waals surface area contributed by atoms with Crippen molar-refractivity contribution >= 4 is 38.9 Å². The van der Waals surface area contributed by atoms with Crippen LogP contribution in [-0.2, 0) is 14.8 Å². The number of carbonyl (C=O) groups is 1. The second kappa shape index (κ2) is 7.43. The van der Waals surface area contributed by atoms with Crippen molar-refractivity contribution in [3.63, 3.8) is 0 Å². The first-order valence-corrected chi connectivity index (χ1v) is 9.31. The summed E-state index contributed by atoms with van der Waals surface area (Å²) in [7, 11) is -3.21. The zero-order chi connectivity index (χ0) is 17.9. The number of piperazine rings is 1. The molecule has 1 fully saturated rings. The normalized spacial score (nSPS) is 16.8. The molecule has 24 heavy (non-hydrogen) atoms. The number of benzene rings is 1. The Hall–Kier alpha value is -1.75. The Morgan fingerprint density at radius 3 is 2.50 bits per heavy atom. The predicted molar refractivity (Wildman–Crippen MR) is 89.6 cm³/mol. The largest absolute Gasteiger partial charge is 0.325 e. The quantitative estimate of drug-likeness (QED) is 0.599. The van der Waals surface area contributed by atoms with E-state index in [2.05, 4.69) is 5.32 Å². The van der Waals surface area contributed by atoms with E-state index in [1.807, 2.05) is 4.90 Å². The fourth-order valence-corrected chi connectivity index (χ4v) is 3.37. The van der Waals surface area contributed by atoms with Crippen molar-refractivity contribution in [2.75, 3.05) is 44.3 Å². The summed E-state index contributed by atoms with van der Waals surface area (Å²) in [6.07, 6.45) is 1.16. The average Bonchev–Trinajstić information content (AvgIpc) is 2.48. The zero-order valence-electron chi connectivity index (χ0n) is 12.9. The fraction of sp³-hybridized carbons (Fsp3) is 0.462. The van der Waals surface area contributed by atoms with Crippen LogP contribution in [0.15, 0.2) is 18.2 Å². The summed E-state index contributed by atoms with van der Waals surface area (Å²) >= 11 is 5.72. The number of sulfonamides is 1. The molecule has 9 nitrogen and oxygen atoms in total. The van der Waals surface area contributed by atoms with E-state index >= 15 is 0 Å². The van der Waals surface area contributed by atoms with Gasteiger partial charge in [-0.15, -0.1) is 0 Å². The molecule has 1 N–H and O–H groups in total. The minimum Gasteiger partial charge on any atom is -0.325 e. The van der Waals surface area contributed by atoms with E-state index in [-0.39, 0.29) is 28.8 Å². The fourth-order valence-electron chi connectivity index (χ4n) is 2.35. The number of nitro groups is 1. The van der Waals surface area contributed by atoms with Crippen LogP contribution in [0.2, 0.25) is 5.02 Å². The second-order valence-corrected chi connectivity index (χ2v) is 7.80. The zero-order valence-corrected chi connectivity index (χ0v) is 14.5. The summed E-state index contributed by atoms with van der Waals surface area (Å²) in [4.78, 5) is 24.1. The van der Waals surface area contributed by atoms with E-state index in [1.165, 1.54) is 22.5 Å². The van der Waals surface area contributed by atoms with Crippen molar-refractivity contribution in [1.82, 2.24) is 9.21 Å². The lowest BCUT2D eigenvalue weighted by molar-refractivity contribution is -0.384. The highest BCUT2D eigenvalue weighted by atomic mass is 35.5. The van der Waals surface area contributed by atoms with E-state index in [9.17, 15) is 23.3 Å². The third-order valence-electron chi connectivity index (χ3n) is 3.59. The number of halogens is 1. The molecule has 1 heterocycles. The van der Waals surface area contributed by atoms with Crippen molar-refractivity contribution in [2.24, 2.45) is 0 Å². The van der Waals surface area contributed by atoms with Gasteiger partial charge in [-0.05, 0) is 12.1 Å². The smallest absolute Gasteiger partial charge is 0.289 e. The molecule has 0 aliphatic carbocycles. The lowest BCUT2D eigenvalue weighted by Crippen LogP contribution is -2.50. The number of hydrogen-bond donors (Lipinski definition) is 1. The SMILES string of the molecule is CS(=O)(=O)N1CCN(CC(=O)Nc2ccc(Cl)c([N+](=O)[O-])c2)CC1. The highest BCUT2D eigenvalue weighted by Gasteiger charge is 2.24. The Kier molecular flexibility index (Phi) is 5.75. The topological polar surface area (TPSA) is 113 Å². The van der Waals surface area contributed by atoms with Crippen molar-refractivity contribution in [2.45, 2.75) is 0 Å². The lowest BCUT2D eigenvalue weighted by atomic mass is 10.2. The molecule has 1 saturated heterocycles. The van der Waals surface area contributed by atoms with Crippen LogP contribution < -0.4 is 5.32 Å². The third kappa shape index (κ3) is 4.87. The maximum Gasteiger partial charge on any atom is 0.289 e. The minimum atomic E-state index is -3.21. The maximum absolute atomic E-state index is 12.0. The van der Waals surface area contributed by atoms with E-state index in [1.54, 1.807) is 0 Å². The summed E-state index contributed by atoms with van der Waals surface area (Å²) in [6, 6.07) is 4.02. The van der Waals surface area contributed by atoms with E-state index in [0.29, 0.717) is 26.2 Å². The highest BCUT2D eigenvalue weighted by molar-refractivity contribution is 7.88. The Morgan fingerprint density at radius 2 is 1.96 bits per heavy atom. The molecular weight excluding hydrogens is 360 g/mol. The van der Waals surface area contributed by atoms with Crippen LogP contribution in [-0.4, -0.2) is 67.4 Å². The van der Waals surface area contributed by atoms with Crippen molar-refractivity contribution in [3.05, 3.63) is 33.3 Å². The van der Waals surface area contributed by atoms with Gasteiger partial charge >= 0.3 is 0 Å². The van der Waals surface area contributed by atoms with Crippen LogP contribution >= 0.6 is 11.6 Å². The maximum atomic E-state index is 12.0. The number of hydrogen-bond acceptors (Lipinski definition) is 6. The molecule has 0 saturated carbocycles. The van der Waals surface area contributed by atoms with E-state index in [4.69, 9.17) is 11.6 Å². The molecule has 0 bridgehead atoms. The highest BCUT2D eigenvalue weighted by Crippen LogP contribution is 2.27. The summed E-state index contributed by atoms with van der Waals surface area (Å²) in [5, 5.41) is 13.4. The van der Waals surface area contributed by atoms with Crippen molar-refractivity contribution in [1.29, 1.82) is 0 Å². The van der Waals surface area contributed by atoms with Gasteiger partial charge in [0.15, 0.2) is 0 Å². The first-order chi connectivity index (χ1) is 11.2. The molecule has 132 valence electrons.